The molecule has 2 aliphatic rings. The van der Waals surface area contributed by atoms with Crippen molar-refractivity contribution >= 4 is 0 Å². The maximum absolute atomic E-state index is 2.33. The van der Waals surface area contributed by atoms with E-state index >= 15 is 0 Å². The lowest BCUT2D eigenvalue weighted by Gasteiger charge is -2.22. The van der Waals surface area contributed by atoms with Gasteiger partial charge in [0.15, 0.2) is 0 Å². The minimum absolute atomic E-state index is 0.861. The molecule has 0 heteroatoms. The molecule has 1 spiro atoms. The summed E-state index contributed by atoms with van der Waals surface area (Å²) in [5.74, 6) is 1.10. The molecule has 0 N–H and O–H groups in total. The second-order valence-corrected chi connectivity index (χ2v) is 5.10. The van der Waals surface area contributed by atoms with E-state index in [-0.39, 0.29) is 0 Å². The Morgan fingerprint density at radius 3 is 2.29 bits per heavy atom. The molecule has 2 aliphatic carbocycles. The fourth-order valence-electron chi connectivity index (χ4n) is 3.56. The van der Waals surface area contributed by atoms with Gasteiger partial charge in [0, 0.05) is 0 Å². The zero-order valence-electron chi connectivity index (χ0n) is 10.4. The van der Waals surface area contributed by atoms with Crippen LogP contribution in [0.25, 0.3) is 0 Å². The third-order valence-electron chi connectivity index (χ3n) is 4.17. The Kier molecular flexibility index (Phi) is 4.98. The maximum Gasteiger partial charge on any atom is -0.0295 e. The molecule has 0 heterocycles. The summed E-state index contributed by atoms with van der Waals surface area (Å²) in [4.78, 5) is 0. The first kappa shape index (κ1) is 12.1. The van der Waals surface area contributed by atoms with E-state index in [0.29, 0.717) is 0 Å². The fourth-order valence-corrected chi connectivity index (χ4v) is 3.56. The zero-order chi connectivity index (χ0) is 10.4. The molecule has 0 amide bonds. The van der Waals surface area contributed by atoms with E-state index in [1.54, 1.807) is 32.1 Å². The molecule has 14 heavy (non-hydrogen) atoms. The van der Waals surface area contributed by atoms with E-state index < -0.39 is 0 Å². The van der Waals surface area contributed by atoms with Crippen molar-refractivity contribution < 1.29 is 0 Å². The second-order valence-electron chi connectivity index (χ2n) is 5.10. The molecule has 0 aromatic rings. The van der Waals surface area contributed by atoms with Gasteiger partial charge in [0.2, 0.25) is 0 Å². The van der Waals surface area contributed by atoms with Crippen LogP contribution in [0.2, 0.25) is 0 Å². The average molecular weight is 196 g/mol. The summed E-state index contributed by atoms with van der Waals surface area (Å²) in [6, 6.07) is 0. The normalized spacial score (nSPS) is 28.9. The molecule has 0 saturated heterocycles. The Morgan fingerprint density at radius 1 is 1.07 bits per heavy atom. The van der Waals surface area contributed by atoms with E-state index in [9.17, 15) is 0 Å². The van der Waals surface area contributed by atoms with Crippen LogP contribution in [0.5, 0.6) is 0 Å². The van der Waals surface area contributed by atoms with Crippen molar-refractivity contribution in [3.05, 3.63) is 0 Å². The highest BCUT2D eigenvalue weighted by molar-refractivity contribution is 4.92. The zero-order valence-corrected chi connectivity index (χ0v) is 10.4. The topological polar surface area (TPSA) is 0 Å². The van der Waals surface area contributed by atoms with Gasteiger partial charge in [-0.1, -0.05) is 46.5 Å². The van der Waals surface area contributed by atoms with Crippen LogP contribution in [0.15, 0.2) is 0 Å². The summed E-state index contributed by atoms with van der Waals surface area (Å²) in [6.07, 6.45) is 13.8. The van der Waals surface area contributed by atoms with Crippen molar-refractivity contribution in [3.63, 3.8) is 0 Å². The molecule has 84 valence electrons. The third kappa shape index (κ3) is 2.74. The van der Waals surface area contributed by atoms with E-state index in [1.807, 2.05) is 13.8 Å². The molecule has 0 aliphatic heterocycles. The van der Waals surface area contributed by atoms with Crippen molar-refractivity contribution in [2.24, 2.45) is 11.3 Å². The first-order valence-corrected chi connectivity index (χ1v) is 6.85. The van der Waals surface area contributed by atoms with Gasteiger partial charge in [0.1, 0.15) is 0 Å². The molecular weight excluding hydrogens is 168 g/mol. The first-order valence-electron chi connectivity index (χ1n) is 6.85. The Bertz CT molecular complexity index is 142. The van der Waals surface area contributed by atoms with Gasteiger partial charge < -0.3 is 0 Å². The smallest absolute Gasteiger partial charge is 0.0295 e. The van der Waals surface area contributed by atoms with Crippen LogP contribution in [0.1, 0.15) is 78.6 Å². The Balaban J connectivity index is 0.000000461. The van der Waals surface area contributed by atoms with Gasteiger partial charge in [-0.2, -0.15) is 0 Å². The van der Waals surface area contributed by atoms with Gasteiger partial charge in [-0.25, -0.2) is 0 Å². The van der Waals surface area contributed by atoms with Gasteiger partial charge in [-0.05, 0) is 43.4 Å². The summed E-state index contributed by atoms with van der Waals surface area (Å²) in [5.41, 5.74) is 0.861. The number of rotatable bonds is 2. The predicted molar refractivity (Wildman–Crippen MR) is 64.5 cm³/mol. The minimum atomic E-state index is 0.861. The quantitative estimate of drug-likeness (QED) is 0.571. The van der Waals surface area contributed by atoms with Crippen molar-refractivity contribution in [2.45, 2.75) is 78.6 Å². The predicted octanol–water partition coefficient (Wildman–Crippen LogP) is 5.17. The lowest BCUT2D eigenvalue weighted by atomic mass is 9.83. The summed E-state index contributed by atoms with van der Waals surface area (Å²) < 4.78 is 0. The molecule has 2 fully saturated rings. The molecular formula is C14H28. The van der Waals surface area contributed by atoms with Crippen molar-refractivity contribution in [3.8, 4) is 0 Å². The second kappa shape index (κ2) is 5.78. The molecule has 0 nitrogen and oxygen atoms in total. The standard InChI is InChI=1S/C12H22.C2H6/c1-2-5-11-6-9-12(10-11)7-3-4-8-12;1-2/h11H,2-10H2,1H3;1-2H3/t11-;/m0./s1. The van der Waals surface area contributed by atoms with Gasteiger partial charge >= 0.3 is 0 Å². The molecule has 1 atom stereocenters. The Labute approximate surface area is 90.5 Å². The maximum atomic E-state index is 2.33. The SMILES string of the molecule is CC.CCC[C@H]1CCC2(CCCC2)C1. The van der Waals surface area contributed by atoms with Gasteiger partial charge in [-0.15, -0.1) is 0 Å². The molecule has 0 bridgehead atoms. The molecule has 0 unspecified atom stereocenters. The lowest BCUT2D eigenvalue weighted by molar-refractivity contribution is 0.290. The third-order valence-corrected chi connectivity index (χ3v) is 4.17. The van der Waals surface area contributed by atoms with E-state index in [4.69, 9.17) is 0 Å². The van der Waals surface area contributed by atoms with Gasteiger partial charge in [0.05, 0.1) is 0 Å². The highest BCUT2D eigenvalue weighted by Crippen LogP contribution is 2.53. The van der Waals surface area contributed by atoms with Crippen LogP contribution in [0.3, 0.4) is 0 Å². The highest BCUT2D eigenvalue weighted by atomic mass is 14.4. The number of hydrogen-bond acceptors (Lipinski definition) is 0. The largest absolute Gasteiger partial charge is 0.0683 e. The average Bonchev–Trinajstić information content (AvgIpc) is 2.82. The van der Waals surface area contributed by atoms with Gasteiger partial charge in [0.25, 0.3) is 0 Å². The van der Waals surface area contributed by atoms with Crippen molar-refractivity contribution in [1.29, 1.82) is 0 Å². The fraction of sp³-hybridized carbons (Fsp3) is 1.00. The van der Waals surface area contributed by atoms with Crippen LogP contribution >= 0.6 is 0 Å². The van der Waals surface area contributed by atoms with E-state index in [2.05, 4.69) is 6.92 Å². The molecule has 0 radical (unpaired) electrons. The molecule has 0 aromatic heterocycles. The summed E-state index contributed by atoms with van der Waals surface area (Å²) in [7, 11) is 0. The van der Waals surface area contributed by atoms with Crippen LogP contribution < -0.4 is 0 Å². The van der Waals surface area contributed by atoms with Gasteiger partial charge in [-0.3, -0.25) is 0 Å². The summed E-state index contributed by atoms with van der Waals surface area (Å²) in [5, 5.41) is 0. The Hall–Kier alpha value is 0. The highest BCUT2D eigenvalue weighted by Gasteiger charge is 2.40. The molecule has 0 aromatic carbocycles. The van der Waals surface area contributed by atoms with Crippen LogP contribution in [0, 0.1) is 11.3 Å². The lowest BCUT2D eigenvalue weighted by Crippen LogP contribution is -2.10. The summed E-state index contributed by atoms with van der Waals surface area (Å²) >= 11 is 0. The summed E-state index contributed by atoms with van der Waals surface area (Å²) in [6.45, 7) is 6.33. The minimum Gasteiger partial charge on any atom is -0.0683 e. The van der Waals surface area contributed by atoms with E-state index in [0.717, 1.165) is 11.3 Å². The van der Waals surface area contributed by atoms with E-state index in [1.165, 1.54) is 25.7 Å². The van der Waals surface area contributed by atoms with Crippen molar-refractivity contribution in [1.82, 2.24) is 0 Å². The number of hydrogen-bond donors (Lipinski definition) is 0. The Morgan fingerprint density at radius 2 is 1.71 bits per heavy atom. The van der Waals surface area contributed by atoms with Crippen molar-refractivity contribution in [2.75, 3.05) is 0 Å². The monoisotopic (exact) mass is 196 g/mol. The first-order chi connectivity index (χ1) is 6.85. The molecule has 2 rings (SSSR count). The molecule has 2 saturated carbocycles. The van der Waals surface area contributed by atoms with Crippen LogP contribution in [-0.2, 0) is 0 Å². The van der Waals surface area contributed by atoms with Crippen LogP contribution in [-0.4, -0.2) is 0 Å². The van der Waals surface area contributed by atoms with Crippen LogP contribution in [0.4, 0.5) is 0 Å².